The van der Waals surface area contributed by atoms with Gasteiger partial charge in [-0.05, 0) is 30.2 Å². The monoisotopic (exact) mass is 305 g/mol. The zero-order valence-electron chi connectivity index (χ0n) is 12.9. The van der Waals surface area contributed by atoms with Crippen LogP contribution in [0, 0.1) is 0 Å². The van der Waals surface area contributed by atoms with Gasteiger partial charge in [-0.2, -0.15) is 0 Å². The number of amides is 2. The summed E-state index contributed by atoms with van der Waals surface area (Å²) in [6.07, 6.45) is 4.16. The van der Waals surface area contributed by atoms with Crippen LogP contribution in [0.25, 0.3) is 6.08 Å². The summed E-state index contributed by atoms with van der Waals surface area (Å²) < 4.78 is 15.7. The fraction of sp³-hybridized carbons (Fsp3) is 0.375. The van der Waals surface area contributed by atoms with Gasteiger partial charge >= 0.3 is 0 Å². The lowest BCUT2D eigenvalue weighted by molar-refractivity contribution is -0.138. The van der Waals surface area contributed by atoms with E-state index in [0.29, 0.717) is 30.2 Å². The summed E-state index contributed by atoms with van der Waals surface area (Å²) in [5.41, 5.74) is 0.717. The number of hydrogen-bond acceptors (Lipinski definition) is 5. The first-order valence-corrected chi connectivity index (χ1v) is 6.93. The van der Waals surface area contributed by atoms with Gasteiger partial charge in [-0.3, -0.25) is 14.5 Å². The van der Waals surface area contributed by atoms with Gasteiger partial charge in [0.05, 0.1) is 21.3 Å². The number of imide groups is 1. The summed E-state index contributed by atoms with van der Waals surface area (Å²) in [4.78, 5) is 24.8. The molecule has 6 nitrogen and oxygen atoms in total. The predicted octanol–water partition coefficient (Wildman–Crippen LogP) is 1.87. The molecule has 0 saturated carbocycles. The average molecular weight is 305 g/mol. The number of methoxy groups -OCH3 is 3. The van der Waals surface area contributed by atoms with Crippen molar-refractivity contribution in [3.8, 4) is 17.2 Å². The Morgan fingerprint density at radius 1 is 1.14 bits per heavy atom. The van der Waals surface area contributed by atoms with Crippen LogP contribution in [0.15, 0.2) is 18.2 Å². The highest BCUT2D eigenvalue weighted by molar-refractivity contribution is 6.03. The van der Waals surface area contributed by atoms with Crippen LogP contribution in [-0.2, 0) is 9.59 Å². The normalized spacial score (nSPS) is 14.5. The molecule has 0 radical (unpaired) electrons. The number of ether oxygens (including phenoxy) is 3. The number of rotatable bonds is 5. The van der Waals surface area contributed by atoms with Crippen LogP contribution in [0.2, 0.25) is 0 Å². The third kappa shape index (κ3) is 3.21. The van der Waals surface area contributed by atoms with Gasteiger partial charge in [-0.1, -0.05) is 0 Å². The first kappa shape index (κ1) is 15.9. The maximum Gasteiger partial charge on any atom is 0.253 e. The van der Waals surface area contributed by atoms with Crippen molar-refractivity contribution in [2.24, 2.45) is 0 Å². The lowest BCUT2D eigenvalue weighted by Crippen LogP contribution is -2.30. The third-order valence-electron chi connectivity index (χ3n) is 3.44. The van der Waals surface area contributed by atoms with Gasteiger partial charge in [0.2, 0.25) is 11.7 Å². The zero-order chi connectivity index (χ0) is 16.1. The topological polar surface area (TPSA) is 65.1 Å². The Morgan fingerprint density at radius 2 is 1.77 bits per heavy atom. The van der Waals surface area contributed by atoms with E-state index < -0.39 is 0 Å². The van der Waals surface area contributed by atoms with Gasteiger partial charge in [0, 0.05) is 19.0 Å². The van der Waals surface area contributed by atoms with Crippen molar-refractivity contribution < 1.29 is 23.8 Å². The number of nitrogens with zero attached hydrogens (tertiary/aromatic N) is 1. The highest BCUT2D eigenvalue weighted by Gasteiger charge is 2.24. The third-order valence-corrected chi connectivity index (χ3v) is 3.44. The van der Waals surface area contributed by atoms with Crippen LogP contribution < -0.4 is 14.2 Å². The quantitative estimate of drug-likeness (QED) is 0.777. The van der Waals surface area contributed by atoms with E-state index in [9.17, 15) is 9.59 Å². The summed E-state index contributed by atoms with van der Waals surface area (Å²) in [6.45, 7) is 0.483. The van der Waals surface area contributed by atoms with Crippen molar-refractivity contribution in [2.75, 3.05) is 27.9 Å². The van der Waals surface area contributed by atoms with Crippen molar-refractivity contribution in [3.63, 3.8) is 0 Å². The molecule has 0 spiro atoms. The molecule has 118 valence electrons. The molecule has 6 heteroatoms. The van der Waals surface area contributed by atoms with Gasteiger partial charge in [0.1, 0.15) is 0 Å². The summed E-state index contributed by atoms with van der Waals surface area (Å²) in [5.74, 6) is 1.07. The van der Waals surface area contributed by atoms with Gasteiger partial charge in [0.25, 0.3) is 5.91 Å². The van der Waals surface area contributed by atoms with Gasteiger partial charge in [-0.15, -0.1) is 0 Å². The SMILES string of the molecule is COc1cc(/C=C/C(=O)N2CCCC2=O)cc(OC)c1OC. The largest absolute Gasteiger partial charge is 0.493 e. The van der Waals surface area contributed by atoms with Crippen molar-refractivity contribution in [2.45, 2.75) is 12.8 Å². The van der Waals surface area contributed by atoms with Crippen molar-refractivity contribution in [3.05, 3.63) is 23.8 Å². The molecule has 0 unspecified atom stereocenters. The Labute approximate surface area is 129 Å². The summed E-state index contributed by atoms with van der Waals surface area (Å²) in [6, 6.07) is 3.47. The van der Waals surface area contributed by atoms with Gasteiger partial charge in [-0.25, -0.2) is 0 Å². The number of carbonyl (C=O) groups is 2. The van der Waals surface area contributed by atoms with E-state index >= 15 is 0 Å². The van der Waals surface area contributed by atoms with E-state index in [-0.39, 0.29) is 11.8 Å². The lowest BCUT2D eigenvalue weighted by Gasteiger charge is -2.13. The van der Waals surface area contributed by atoms with Crippen LogP contribution in [-0.4, -0.2) is 44.6 Å². The smallest absolute Gasteiger partial charge is 0.253 e. The van der Waals surface area contributed by atoms with E-state index in [0.717, 1.165) is 12.0 Å². The zero-order valence-corrected chi connectivity index (χ0v) is 12.9. The molecule has 1 aromatic carbocycles. The van der Waals surface area contributed by atoms with Crippen molar-refractivity contribution >= 4 is 17.9 Å². The maximum absolute atomic E-state index is 12.0. The van der Waals surface area contributed by atoms with Crippen LogP contribution in [0.5, 0.6) is 17.2 Å². The summed E-state index contributed by atoms with van der Waals surface area (Å²) in [5, 5.41) is 0. The van der Waals surface area contributed by atoms with E-state index in [1.165, 1.54) is 32.3 Å². The second-order valence-electron chi connectivity index (χ2n) is 4.78. The average Bonchev–Trinajstić information content (AvgIpc) is 2.97. The first-order valence-electron chi connectivity index (χ1n) is 6.93. The second kappa shape index (κ2) is 6.98. The van der Waals surface area contributed by atoms with E-state index in [1.54, 1.807) is 18.2 Å². The molecule has 22 heavy (non-hydrogen) atoms. The van der Waals surface area contributed by atoms with Crippen molar-refractivity contribution in [1.82, 2.24) is 4.90 Å². The highest BCUT2D eigenvalue weighted by Crippen LogP contribution is 2.38. The van der Waals surface area contributed by atoms with E-state index in [2.05, 4.69) is 0 Å². The van der Waals surface area contributed by atoms with Gasteiger partial charge in [0.15, 0.2) is 11.5 Å². The fourth-order valence-corrected chi connectivity index (χ4v) is 2.34. The minimum absolute atomic E-state index is 0.125. The maximum atomic E-state index is 12.0. The van der Waals surface area contributed by atoms with Crippen LogP contribution in [0.3, 0.4) is 0 Å². The van der Waals surface area contributed by atoms with Crippen LogP contribution in [0.4, 0.5) is 0 Å². The molecule has 1 heterocycles. The molecule has 0 aliphatic carbocycles. The Hall–Kier alpha value is -2.50. The van der Waals surface area contributed by atoms with Crippen LogP contribution >= 0.6 is 0 Å². The number of likely N-dealkylation sites (tertiary alicyclic amines) is 1. The molecule has 2 rings (SSSR count). The summed E-state index contributed by atoms with van der Waals surface area (Å²) in [7, 11) is 4.58. The molecule has 1 aromatic rings. The summed E-state index contributed by atoms with van der Waals surface area (Å²) >= 11 is 0. The Morgan fingerprint density at radius 3 is 2.23 bits per heavy atom. The molecule has 0 bridgehead atoms. The predicted molar refractivity (Wildman–Crippen MR) is 81.1 cm³/mol. The molecular weight excluding hydrogens is 286 g/mol. The number of benzene rings is 1. The standard InChI is InChI=1S/C16H19NO5/c1-20-12-9-11(10-13(21-2)16(12)22-3)6-7-15(19)17-8-4-5-14(17)18/h6-7,9-10H,4-5,8H2,1-3H3/b7-6+. The number of hydrogen-bond donors (Lipinski definition) is 0. The molecule has 0 N–H and O–H groups in total. The minimum Gasteiger partial charge on any atom is -0.493 e. The molecule has 1 aliphatic rings. The van der Waals surface area contributed by atoms with E-state index in [1.807, 2.05) is 0 Å². The molecule has 1 saturated heterocycles. The van der Waals surface area contributed by atoms with Crippen LogP contribution in [0.1, 0.15) is 18.4 Å². The molecule has 0 atom stereocenters. The molecule has 0 aromatic heterocycles. The van der Waals surface area contributed by atoms with E-state index in [4.69, 9.17) is 14.2 Å². The highest BCUT2D eigenvalue weighted by atomic mass is 16.5. The minimum atomic E-state index is -0.309. The fourth-order valence-electron chi connectivity index (χ4n) is 2.34. The first-order chi connectivity index (χ1) is 10.6. The molecular formula is C16H19NO5. The Bertz CT molecular complexity index is 584. The molecule has 1 aliphatic heterocycles. The molecule has 1 fully saturated rings. The van der Waals surface area contributed by atoms with Crippen molar-refractivity contribution in [1.29, 1.82) is 0 Å². The van der Waals surface area contributed by atoms with Gasteiger partial charge < -0.3 is 14.2 Å². The Balaban J connectivity index is 2.23. The second-order valence-corrected chi connectivity index (χ2v) is 4.78. The number of carbonyl (C=O) groups excluding carboxylic acids is 2. The molecule has 2 amide bonds. The lowest BCUT2D eigenvalue weighted by atomic mass is 10.1. The Kier molecular flexibility index (Phi) is 5.04.